The molecule has 3 unspecified atom stereocenters. The summed E-state index contributed by atoms with van der Waals surface area (Å²) in [5.74, 6) is -5.02. The second-order valence-electron chi connectivity index (χ2n) is 10.3. The van der Waals surface area contributed by atoms with Crippen LogP contribution in [0, 0.1) is 0 Å². The number of nitrogens with zero attached hydrogens (tertiary/aromatic N) is 2. The van der Waals surface area contributed by atoms with Gasteiger partial charge < -0.3 is 23.8 Å². The Kier molecular flexibility index (Phi) is 10.4. The molecule has 1 aliphatic rings. The fourth-order valence-corrected chi connectivity index (χ4v) is 4.81. The van der Waals surface area contributed by atoms with Gasteiger partial charge in [0.05, 0.1) is 12.7 Å². The summed E-state index contributed by atoms with van der Waals surface area (Å²) < 4.78 is 69.9. The van der Waals surface area contributed by atoms with Gasteiger partial charge in [-0.25, -0.2) is 19.2 Å². The van der Waals surface area contributed by atoms with Crippen molar-refractivity contribution in [3.8, 4) is 5.75 Å². The Balaban J connectivity index is 1.74. The first-order valence-electron chi connectivity index (χ1n) is 12.7. The number of aliphatic hydroxyl groups excluding tert-OH is 1. The summed E-state index contributed by atoms with van der Waals surface area (Å²) >= 11 is 0. The molecule has 1 fully saturated rings. The molecule has 0 radical (unpaired) electrons. The Hall–Kier alpha value is -3.43. The standard InChI is InChI=1S/C25H33F2N4O10P/c1-15(2)38-19(32)13-28-42(36,41-16-9-7-6-8-10-16)37-14-17-20(33)25(26,27)21(39-17)31-12-11-18(29-22(31)34)30-23(35)40-24(3,4)5/h6-12,15,17,20-21,33H,13-14H2,1-5H3,(H,28,36)(H,29,30,34,35)/t17?,20-,21?,42?/m1/s1. The topological polar surface area (TPSA) is 177 Å². The van der Waals surface area contributed by atoms with Crippen LogP contribution in [0.2, 0.25) is 0 Å². The number of ether oxygens (including phenoxy) is 3. The third kappa shape index (κ3) is 9.03. The number of aromatic nitrogens is 2. The molecule has 0 saturated carbocycles. The van der Waals surface area contributed by atoms with Crippen molar-refractivity contribution in [1.82, 2.24) is 14.6 Å². The van der Waals surface area contributed by atoms with Crippen LogP contribution in [-0.4, -0.2) is 69.7 Å². The molecule has 2 heterocycles. The highest BCUT2D eigenvalue weighted by molar-refractivity contribution is 7.52. The van der Waals surface area contributed by atoms with Crippen molar-refractivity contribution < 1.29 is 51.3 Å². The molecule has 1 aliphatic heterocycles. The van der Waals surface area contributed by atoms with E-state index < -0.39 is 74.7 Å². The van der Waals surface area contributed by atoms with Gasteiger partial charge in [0, 0.05) is 6.20 Å². The van der Waals surface area contributed by atoms with Gasteiger partial charge in [0.25, 0.3) is 0 Å². The lowest BCUT2D eigenvalue weighted by Crippen LogP contribution is -2.42. The van der Waals surface area contributed by atoms with Gasteiger partial charge in [0.2, 0.25) is 6.23 Å². The largest absolute Gasteiger partial charge is 0.462 e. The number of esters is 1. The second kappa shape index (κ2) is 13.3. The summed E-state index contributed by atoms with van der Waals surface area (Å²) in [5.41, 5.74) is -2.07. The van der Waals surface area contributed by atoms with Crippen LogP contribution < -0.4 is 20.6 Å². The minimum atomic E-state index is -4.42. The number of carbonyl (C=O) groups excluding carboxylic acids is 2. The maximum atomic E-state index is 15.1. The van der Waals surface area contributed by atoms with Gasteiger partial charge in [-0.2, -0.15) is 13.8 Å². The van der Waals surface area contributed by atoms with E-state index in [1.807, 2.05) is 0 Å². The van der Waals surface area contributed by atoms with Crippen LogP contribution >= 0.6 is 7.75 Å². The number of rotatable bonds is 11. The predicted octanol–water partition coefficient (Wildman–Crippen LogP) is 3.23. The first-order chi connectivity index (χ1) is 19.5. The van der Waals surface area contributed by atoms with Gasteiger partial charge in [0.15, 0.2) is 6.10 Å². The van der Waals surface area contributed by atoms with Crippen molar-refractivity contribution in [3.63, 3.8) is 0 Å². The normalized spacial score (nSPS) is 21.4. The van der Waals surface area contributed by atoms with Crippen LogP contribution in [0.15, 0.2) is 47.4 Å². The third-order valence-corrected chi connectivity index (χ3v) is 6.74. The maximum absolute atomic E-state index is 15.1. The molecule has 2 aromatic rings. The molecule has 0 bridgehead atoms. The summed E-state index contributed by atoms with van der Waals surface area (Å²) in [6, 6.07) is 8.74. The van der Waals surface area contributed by atoms with E-state index in [1.165, 1.54) is 12.1 Å². The molecular weight excluding hydrogens is 585 g/mol. The van der Waals surface area contributed by atoms with Gasteiger partial charge in [0.1, 0.15) is 29.8 Å². The molecule has 1 amide bonds. The Labute approximate surface area is 239 Å². The van der Waals surface area contributed by atoms with E-state index >= 15 is 8.78 Å². The third-order valence-electron chi connectivity index (χ3n) is 5.25. The smallest absolute Gasteiger partial charge is 0.459 e. The van der Waals surface area contributed by atoms with Crippen LogP contribution in [0.25, 0.3) is 0 Å². The van der Waals surface area contributed by atoms with Gasteiger partial charge >= 0.3 is 31.4 Å². The lowest BCUT2D eigenvalue weighted by molar-refractivity contribution is -0.146. The second-order valence-corrected chi connectivity index (χ2v) is 12.1. The average molecular weight is 619 g/mol. The Morgan fingerprint density at radius 3 is 2.48 bits per heavy atom. The van der Waals surface area contributed by atoms with Crippen LogP contribution in [0.3, 0.4) is 0 Å². The molecule has 232 valence electrons. The highest BCUT2D eigenvalue weighted by atomic mass is 31.2. The number of anilines is 1. The lowest BCUT2D eigenvalue weighted by Gasteiger charge is -2.22. The minimum Gasteiger partial charge on any atom is -0.462 e. The minimum absolute atomic E-state index is 0.0689. The molecule has 1 aromatic heterocycles. The molecule has 3 N–H and O–H groups in total. The Morgan fingerprint density at radius 1 is 1.21 bits per heavy atom. The summed E-state index contributed by atoms with van der Waals surface area (Å²) in [5, 5.41) is 14.8. The maximum Gasteiger partial charge on any atom is 0.459 e. The van der Waals surface area contributed by atoms with Gasteiger partial charge in [-0.05, 0) is 52.8 Å². The Morgan fingerprint density at radius 2 is 1.88 bits per heavy atom. The van der Waals surface area contributed by atoms with E-state index in [0.29, 0.717) is 4.57 Å². The van der Waals surface area contributed by atoms with E-state index in [-0.39, 0.29) is 11.6 Å². The fourth-order valence-electron chi connectivity index (χ4n) is 3.54. The number of alkyl halides is 2. The summed E-state index contributed by atoms with van der Waals surface area (Å²) in [6.45, 7) is 6.56. The van der Waals surface area contributed by atoms with Crippen LogP contribution in [0.5, 0.6) is 5.75 Å². The summed E-state index contributed by atoms with van der Waals surface area (Å²) in [7, 11) is -4.42. The molecule has 0 aliphatic carbocycles. The highest BCUT2D eigenvalue weighted by Crippen LogP contribution is 2.47. The fraction of sp³-hybridized carbons (Fsp3) is 0.520. The van der Waals surface area contributed by atoms with E-state index in [4.69, 9.17) is 23.3 Å². The van der Waals surface area contributed by atoms with E-state index in [1.54, 1.807) is 52.8 Å². The number of nitrogens with one attached hydrogen (secondary N) is 2. The van der Waals surface area contributed by atoms with Crippen LogP contribution in [-0.2, 0) is 28.1 Å². The predicted molar refractivity (Wildman–Crippen MR) is 143 cm³/mol. The number of hydrogen-bond donors (Lipinski definition) is 3. The zero-order chi connectivity index (χ0) is 31.3. The van der Waals surface area contributed by atoms with Gasteiger partial charge in [-0.15, -0.1) is 0 Å². The number of para-hydroxylation sites is 1. The van der Waals surface area contributed by atoms with Crippen molar-refractivity contribution in [2.24, 2.45) is 0 Å². The quantitative estimate of drug-likeness (QED) is 0.248. The molecule has 1 aromatic carbocycles. The van der Waals surface area contributed by atoms with E-state index in [0.717, 1.165) is 12.3 Å². The van der Waals surface area contributed by atoms with Crippen molar-refractivity contribution in [3.05, 3.63) is 53.1 Å². The average Bonchev–Trinajstić information content (AvgIpc) is 3.09. The Bertz CT molecular complexity index is 1350. The number of carbonyl (C=O) groups is 2. The first kappa shape index (κ1) is 33.1. The van der Waals surface area contributed by atoms with Crippen molar-refractivity contribution in [2.45, 2.75) is 70.7 Å². The number of amides is 1. The van der Waals surface area contributed by atoms with E-state index in [2.05, 4.69) is 15.4 Å². The van der Waals surface area contributed by atoms with Gasteiger partial charge in [-0.3, -0.25) is 19.2 Å². The molecule has 17 heteroatoms. The zero-order valence-corrected chi connectivity index (χ0v) is 24.4. The molecular formula is C25H33F2N4O10P. The monoisotopic (exact) mass is 618 g/mol. The first-order valence-corrected chi connectivity index (χ1v) is 14.3. The van der Waals surface area contributed by atoms with E-state index in [9.17, 15) is 24.1 Å². The van der Waals surface area contributed by atoms with Crippen molar-refractivity contribution >= 4 is 25.6 Å². The number of halogens is 2. The van der Waals surface area contributed by atoms with Crippen LogP contribution in [0.4, 0.5) is 19.4 Å². The molecule has 3 rings (SSSR count). The molecule has 1 saturated heterocycles. The van der Waals surface area contributed by atoms with Crippen LogP contribution in [0.1, 0.15) is 40.8 Å². The number of aliphatic hydroxyl groups is 1. The molecule has 4 atom stereocenters. The molecule has 42 heavy (non-hydrogen) atoms. The summed E-state index contributed by atoms with van der Waals surface area (Å²) in [6.07, 6.45) is -7.13. The van der Waals surface area contributed by atoms with Gasteiger partial charge in [-0.1, -0.05) is 18.2 Å². The molecule has 0 spiro atoms. The summed E-state index contributed by atoms with van der Waals surface area (Å²) in [4.78, 5) is 40.0. The lowest BCUT2D eigenvalue weighted by atomic mass is 10.1. The van der Waals surface area contributed by atoms with Crippen molar-refractivity contribution in [2.75, 3.05) is 18.5 Å². The molecule has 14 nitrogen and oxygen atoms in total. The van der Waals surface area contributed by atoms with Crippen molar-refractivity contribution in [1.29, 1.82) is 0 Å². The highest BCUT2D eigenvalue weighted by Gasteiger charge is 2.60. The number of hydrogen-bond acceptors (Lipinski definition) is 11. The number of benzene rings is 1. The SMILES string of the molecule is CC(C)OC(=O)CNP(=O)(OCC1OC(n2ccc(NC(=O)OC(C)(C)C)nc2=O)C(F)(F)[C@@H]1O)Oc1ccccc1. The zero-order valence-electron chi connectivity index (χ0n) is 23.5.